The predicted octanol–water partition coefficient (Wildman–Crippen LogP) is 2.61. The van der Waals surface area contributed by atoms with Crippen molar-refractivity contribution < 1.29 is 4.79 Å². The molecular formula is C21H27N3O. The quantitative estimate of drug-likeness (QED) is 0.911. The highest BCUT2D eigenvalue weighted by atomic mass is 16.1. The predicted molar refractivity (Wildman–Crippen MR) is 103 cm³/mol. The Hall–Kier alpha value is -2.33. The number of hydrogen-bond donors (Lipinski definition) is 1. The van der Waals surface area contributed by atoms with Gasteiger partial charge >= 0.3 is 0 Å². The van der Waals surface area contributed by atoms with Gasteiger partial charge in [0.25, 0.3) is 0 Å². The topological polar surface area (TPSA) is 35.6 Å². The van der Waals surface area contributed by atoms with E-state index in [0.29, 0.717) is 13.0 Å². The zero-order chi connectivity index (χ0) is 17.6. The van der Waals surface area contributed by atoms with Gasteiger partial charge in [-0.15, -0.1) is 0 Å². The number of aryl methyl sites for hydroxylation is 1. The van der Waals surface area contributed by atoms with Crippen molar-refractivity contribution in [3.8, 4) is 0 Å². The molecule has 0 aliphatic carbocycles. The number of rotatable bonds is 5. The highest BCUT2D eigenvalue weighted by Gasteiger charge is 2.14. The van der Waals surface area contributed by atoms with Crippen LogP contribution in [-0.2, 0) is 17.8 Å². The van der Waals surface area contributed by atoms with Crippen LogP contribution in [0.5, 0.6) is 0 Å². The lowest BCUT2D eigenvalue weighted by Crippen LogP contribution is -2.44. The number of nitrogens with zero attached hydrogens (tertiary/aromatic N) is 2. The summed E-state index contributed by atoms with van der Waals surface area (Å²) in [7, 11) is 2.17. The molecular weight excluding hydrogens is 310 g/mol. The highest BCUT2D eigenvalue weighted by Crippen LogP contribution is 2.17. The smallest absolute Gasteiger partial charge is 0.224 e. The van der Waals surface area contributed by atoms with Crippen LogP contribution in [0.3, 0.4) is 0 Å². The molecule has 2 aromatic rings. The summed E-state index contributed by atoms with van der Waals surface area (Å²) in [6.45, 7) is 6.99. The van der Waals surface area contributed by atoms with Crippen molar-refractivity contribution in [3.63, 3.8) is 0 Å². The van der Waals surface area contributed by atoms with Crippen molar-refractivity contribution >= 4 is 11.6 Å². The molecule has 1 aliphatic heterocycles. The van der Waals surface area contributed by atoms with E-state index in [9.17, 15) is 4.79 Å². The van der Waals surface area contributed by atoms with E-state index in [1.54, 1.807) is 0 Å². The number of likely N-dealkylation sites (N-methyl/N-ethyl adjacent to an activating group) is 1. The van der Waals surface area contributed by atoms with Crippen molar-refractivity contribution in [2.24, 2.45) is 0 Å². The summed E-state index contributed by atoms with van der Waals surface area (Å²) in [5.41, 5.74) is 4.66. The Morgan fingerprint density at radius 2 is 1.52 bits per heavy atom. The van der Waals surface area contributed by atoms with Crippen LogP contribution in [0.2, 0.25) is 0 Å². The van der Waals surface area contributed by atoms with Crippen molar-refractivity contribution in [2.75, 3.05) is 38.1 Å². The maximum Gasteiger partial charge on any atom is 0.224 e. The van der Waals surface area contributed by atoms with Crippen LogP contribution in [0, 0.1) is 6.92 Å². The molecule has 1 saturated heterocycles. The standard InChI is InChI=1S/C21H27N3O/c1-17-3-5-18(6-4-17)15-21(25)22-16-19-7-9-20(10-8-19)24-13-11-23(2)12-14-24/h3-10H,11-16H2,1-2H3,(H,22,25). The second kappa shape index (κ2) is 8.17. The number of carbonyl (C=O) groups is 1. The minimum atomic E-state index is 0.0620. The van der Waals surface area contributed by atoms with Crippen LogP contribution in [-0.4, -0.2) is 44.0 Å². The molecule has 132 valence electrons. The molecule has 0 saturated carbocycles. The first-order valence-electron chi connectivity index (χ1n) is 8.95. The van der Waals surface area contributed by atoms with Gasteiger partial charge < -0.3 is 15.1 Å². The van der Waals surface area contributed by atoms with Crippen LogP contribution in [0.4, 0.5) is 5.69 Å². The average Bonchev–Trinajstić information content (AvgIpc) is 2.63. The normalized spacial score (nSPS) is 15.2. The van der Waals surface area contributed by atoms with Gasteiger partial charge in [-0.25, -0.2) is 0 Å². The van der Waals surface area contributed by atoms with Gasteiger partial charge in [0, 0.05) is 38.4 Å². The number of amides is 1. The molecule has 1 fully saturated rings. The maximum atomic E-state index is 12.1. The van der Waals surface area contributed by atoms with Crippen LogP contribution in [0.25, 0.3) is 0 Å². The number of benzene rings is 2. The van der Waals surface area contributed by atoms with E-state index in [2.05, 4.69) is 53.4 Å². The molecule has 0 radical (unpaired) electrons. The Bertz CT molecular complexity index is 686. The summed E-state index contributed by atoms with van der Waals surface area (Å²) in [5, 5.41) is 3.01. The monoisotopic (exact) mass is 337 g/mol. The molecule has 25 heavy (non-hydrogen) atoms. The minimum Gasteiger partial charge on any atom is -0.369 e. The Labute approximate surface area is 150 Å². The lowest BCUT2D eigenvalue weighted by Gasteiger charge is -2.34. The third-order valence-corrected chi connectivity index (χ3v) is 4.78. The van der Waals surface area contributed by atoms with Crippen LogP contribution >= 0.6 is 0 Å². The Morgan fingerprint density at radius 3 is 2.16 bits per heavy atom. The molecule has 4 heteroatoms. The number of nitrogens with one attached hydrogen (secondary N) is 1. The molecule has 2 aromatic carbocycles. The SMILES string of the molecule is Cc1ccc(CC(=O)NCc2ccc(N3CCN(C)CC3)cc2)cc1. The molecule has 4 nitrogen and oxygen atoms in total. The molecule has 0 atom stereocenters. The van der Waals surface area contributed by atoms with Crippen molar-refractivity contribution in [1.29, 1.82) is 0 Å². The van der Waals surface area contributed by atoms with Crippen molar-refractivity contribution in [1.82, 2.24) is 10.2 Å². The van der Waals surface area contributed by atoms with Gasteiger partial charge in [0.15, 0.2) is 0 Å². The van der Waals surface area contributed by atoms with Gasteiger partial charge in [-0.1, -0.05) is 42.0 Å². The van der Waals surface area contributed by atoms with E-state index in [0.717, 1.165) is 37.3 Å². The third-order valence-electron chi connectivity index (χ3n) is 4.78. The van der Waals surface area contributed by atoms with Crippen LogP contribution in [0.1, 0.15) is 16.7 Å². The molecule has 1 amide bonds. The van der Waals surface area contributed by atoms with Gasteiger partial charge in [0.05, 0.1) is 6.42 Å². The van der Waals surface area contributed by atoms with Gasteiger partial charge in [-0.05, 0) is 37.2 Å². The summed E-state index contributed by atoms with van der Waals surface area (Å²) in [4.78, 5) is 16.9. The van der Waals surface area contributed by atoms with Gasteiger partial charge in [-0.2, -0.15) is 0 Å². The lowest BCUT2D eigenvalue weighted by molar-refractivity contribution is -0.120. The maximum absolute atomic E-state index is 12.1. The molecule has 0 spiro atoms. The fraction of sp³-hybridized carbons (Fsp3) is 0.381. The molecule has 0 aromatic heterocycles. The summed E-state index contributed by atoms with van der Waals surface area (Å²) in [6, 6.07) is 16.7. The number of hydrogen-bond acceptors (Lipinski definition) is 3. The first kappa shape index (κ1) is 17.5. The summed E-state index contributed by atoms with van der Waals surface area (Å²) >= 11 is 0. The molecule has 0 bridgehead atoms. The lowest BCUT2D eigenvalue weighted by atomic mass is 10.1. The summed E-state index contributed by atoms with van der Waals surface area (Å²) < 4.78 is 0. The average molecular weight is 337 g/mol. The molecule has 1 N–H and O–H groups in total. The first-order valence-corrected chi connectivity index (χ1v) is 8.95. The first-order chi connectivity index (χ1) is 12.1. The molecule has 0 unspecified atom stereocenters. The van der Waals surface area contributed by atoms with E-state index in [-0.39, 0.29) is 5.91 Å². The van der Waals surface area contributed by atoms with Crippen LogP contribution < -0.4 is 10.2 Å². The Morgan fingerprint density at radius 1 is 0.920 bits per heavy atom. The van der Waals surface area contributed by atoms with E-state index in [1.807, 2.05) is 24.3 Å². The van der Waals surface area contributed by atoms with E-state index >= 15 is 0 Å². The van der Waals surface area contributed by atoms with Gasteiger partial charge in [0.1, 0.15) is 0 Å². The number of piperazine rings is 1. The second-order valence-electron chi connectivity index (χ2n) is 6.90. The second-order valence-corrected chi connectivity index (χ2v) is 6.90. The van der Waals surface area contributed by atoms with Crippen molar-refractivity contribution in [2.45, 2.75) is 19.9 Å². The van der Waals surface area contributed by atoms with Crippen LogP contribution in [0.15, 0.2) is 48.5 Å². The van der Waals surface area contributed by atoms with E-state index < -0.39 is 0 Å². The minimum absolute atomic E-state index is 0.0620. The third kappa shape index (κ3) is 5.07. The molecule has 3 rings (SSSR count). The Balaban J connectivity index is 1.48. The van der Waals surface area contributed by atoms with E-state index in [1.165, 1.54) is 11.3 Å². The van der Waals surface area contributed by atoms with E-state index in [4.69, 9.17) is 0 Å². The molecule has 1 heterocycles. The fourth-order valence-electron chi connectivity index (χ4n) is 3.04. The number of anilines is 1. The zero-order valence-corrected chi connectivity index (χ0v) is 15.2. The van der Waals surface area contributed by atoms with Gasteiger partial charge in [-0.3, -0.25) is 4.79 Å². The summed E-state index contributed by atoms with van der Waals surface area (Å²) in [6.07, 6.45) is 0.430. The molecule has 1 aliphatic rings. The largest absolute Gasteiger partial charge is 0.369 e. The van der Waals surface area contributed by atoms with Gasteiger partial charge in [0.2, 0.25) is 5.91 Å². The Kier molecular flexibility index (Phi) is 5.71. The van der Waals surface area contributed by atoms with Crippen molar-refractivity contribution in [3.05, 3.63) is 65.2 Å². The number of carbonyl (C=O) groups excluding carboxylic acids is 1. The zero-order valence-electron chi connectivity index (χ0n) is 15.2. The fourth-order valence-corrected chi connectivity index (χ4v) is 3.04. The highest BCUT2D eigenvalue weighted by molar-refractivity contribution is 5.78. The summed E-state index contributed by atoms with van der Waals surface area (Å²) in [5.74, 6) is 0.0620.